The summed E-state index contributed by atoms with van der Waals surface area (Å²) in [5, 5.41) is 8.90. The first-order valence-electron chi connectivity index (χ1n) is 13.1. The molecule has 1 saturated heterocycles. The molecule has 4 aliphatic rings. The van der Waals surface area contributed by atoms with E-state index in [0.29, 0.717) is 45.5 Å². The van der Waals surface area contributed by atoms with Crippen LogP contribution in [0.1, 0.15) is 35.9 Å². The monoisotopic (exact) mass is 644 g/mol. The second-order valence-electron chi connectivity index (χ2n) is 11.0. The van der Waals surface area contributed by atoms with Gasteiger partial charge in [0.1, 0.15) is 23.8 Å². The van der Waals surface area contributed by atoms with Crippen molar-refractivity contribution in [1.82, 2.24) is 14.7 Å². The van der Waals surface area contributed by atoms with E-state index in [1.807, 2.05) is 6.07 Å². The molecular weight excluding hydrogens is 625 g/mol. The molecule has 1 aromatic heterocycles. The van der Waals surface area contributed by atoms with E-state index in [1.165, 1.54) is 12.1 Å². The van der Waals surface area contributed by atoms with Gasteiger partial charge in [-0.2, -0.15) is 5.10 Å². The topological polar surface area (TPSA) is 59.4 Å². The van der Waals surface area contributed by atoms with Crippen molar-refractivity contribution in [2.75, 3.05) is 18.5 Å². The number of nitrogens with zero attached hydrogens (tertiary/aromatic N) is 3. The number of hydrogen-bond donors (Lipinski definition) is 1. The van der Waals surface area contributed by atoms with Gasteiger partial charge in [-0.25, -0.2) is 13.5 Å². The molecule has 1 amide bonds. The summed E-state index contributed by atoms with van der Waals surface area (Å²) < 4.78 is 39.0. The van der Waals surface area contributed by atoms with E-state index in [9.17, 15) is 9.18 Å². The first kappa shape index (κ1) is 25.0. The first-order valence-corrected chi connectivity index (χ1v) is 14.7. The number of halogens is 5. The Morgan fingerprint density at radius 2 is 1.98 bits per heavy atom. The molecule has 4 aromatic rings. The van der Waals surface area contributed by atoms with Gasteiger partial charge in [0.05, 0.1) is 32.5 Å². The minimum absolute atomic E-state index is 0.0245. The molecule has 3 aromatic carbocycles. The highest BCUT2D eigenvalue weighted by Crippen LogP contribution is 2.63. The lowest BCUT2D eigenvalue weighted by atomic mass is 9.73. The third kappa shape index (κ3) is 3.29. The maximum Gasteiger partial charge on any atom is 0.250 e. The summed E-state index contributed by atoms with van der Waals surface area (Å²) in [6.45, 7) is 0.863. The molecule has 8 rings (SSSR count). The third-order valence-electron chi connectivity index (χ3n) is 8.86. The van der Waals surface area contributed by atoms with E-state index in [4.69, 9.17) is 33.0 Å². The van der Waals surface area contributed by atoms with E-state index < -0.39 is 29.1 Å². The highest BCUT2D eigenvalue weighted by atomic mass is 79.9. The minimum Gasteiger partial charge on any atom is -0.476 e. The summed E-state index contributed by atoms with van der Waals surface area (Å²) in [4.78, 5) is 16.6. The van der Waals surface area contributed by atoms with Crippen molar-refractivity contribution in [2.24, 2.45) is 5.92 Å². The zero-order chi connectivity index (χ0) is 27.5. The van der Waals surface area contributed by atoms with Gasteiger partial charge in [0, 0.05) is 28.7 Å². The lowest BCUT2D eigenvalue weighted by molar-refractivity contribution is -0.128. The smallest absolute Gasteiger partial charge is 0.250 e. The maximum absolute atomic E-state index is 16.1. The number of fused-ring (bicyclic) bond motifs is 7. The van der Waals surface area contributed by atoms with Gasteiger partial charge >= 0.3 is 0 Å². The molecule has 1 N–H and O–H groups in total. The van der Waals surface area contributed by atoms with Crippen LogP contribution in [0.25, 0.3) is 10.9 Å². The fourth-order valence-electron chi connectivity index (χ4n) is 7.09. The van der Waals surface area contributed by atoms with Crippen molar-refractivity contribution in [3.8, 4) is 5.88 Å². The molecule has 6 nitrogen and oxygen atoms in total. The molecule has 204 valence electrons. The molecule has 1 spiro atoms. The van der Waals surface area contributed by atoms with Crippen LogP contribution in [-0.2, 0) is 10.3 Å². The van der Waals surface area contributed by atoms with E-state index in [1.54, 1.807) is 35.0 Å². The third-order valence-corrected chi connectivity index (χ3v) is 9.99. The van der Waals surface area contributed by atoms with E-state index in [-0.39, 0.29) is 28.1 Å². The number of amides is 1. The highest BCUT2D eigenvalue weighted by molar-refractivity contribution is 9.10. The van der Waals surface area contributed by atoms with Gasteiger partial charge in [-0.05, 0) is 70.6 Å². The van der Waals surface area contributed by atoms with Crippen molar-refractivity contribution >= 4 is 61.6 Å². The summed E-state index contributed by atoms with van der Waals surface area (Å²) in [5.74, 6) is -1.19. The van der Waals surface area contributed by atoms with Gasteiger partial charge < -0.3 is 10.1 Å². The van der Waals surface area contributed by atoms with Crippen LogP contribution in [0.3, 0.4) is 0 Å². The molecule has 4 heterocycles. The number of benzene rings is 3. The largest absolute Gasteiger partial charge is 0.476 e. The Labute approximate surface area is 246 Å². The second-order valence-corrected chi connectivity index (χ2v) is 12.7. The average Bonchev–Trinajstić information content (AvgIpc) is 3.53. The molecule has 2 fully saturated rings. The van der Waals surface area contributed by atoms with Crippen molar-refractivity contribution in [3.05, 3.63) is 85.8 Å². The second kappa shape index (κ2) is 8.64. The first-order chi connectivity index (χ1) is 19.3. The Kier molecular flexibility index (Phi) is 5.41. The number of likely N-dealkylation sites (tertiary alicyclic amines) is 1. The van der Waals surface area contributed by atoms with Crippen LogP contribution < -0.4 is 10.1 Å². The molecule has 0 radical (unpaired) electrons. The zero-order valence-corrected chi connectivity index (χ0v) is 23.9. The fraction of sp³-hybridized carbons (Fsp3) is 0.310. The summed E-state index contributed by atoms with van der Waals surface area (Å²) in [5.41, 5.74) is 0.902. The number of anilines is 1. The Hall–Kier alpha value is -2.72. The van der Waals surface area contributed by atoms with Gasteiger partial charge in [-0.1, -0.05) is 41.4 Å². The van der Waals surface area contributed by atoms with Crippen molar-refractivity contribution in [1.29, 1.82) is 0 Å². The fourth-order valence-corrected chi connectivity index (χ4v) is 7.77. The molecule has 0 bridgehead atoms. The summed E-state index contributed by atoms with van der Waals surface area (Å²) in [6.07, 6.45) is 2.11. The van der Waals surface area contributed by atoms with Crippen molar-refractivity contribution in [3.63, 3.8) is 0 Å². The van der Waals surface area contributed by atoms with Crippen LogP contribution in [0.2, 0.25) is 10.0 Å². The van der Waals surface area contributed by atoms with Crippen LogP contribution in [0.15, 0.2) is 53.0 Å². The Balaban J connectivity index is 1.45. The van der Waals surface area contributed by atoms with Gasteiger partial charge in [0.15, 0.2) is 0 Å². The van der Waals surface area contributed by atoms with E-state index in [2.05, 4.69) is 26.1 Å². The van der Waals surface area contributed by atoms with Gasteiger partial charge in [-0.3, -0.25) is 9.69 Å². The van der Waals surface area contributed by atoms with E-state index in [0.717, 1.165) is 18.4 Å². The maximum atomic E-state index is 16.1. The molecule has 0 unspecified atom stereocenters. The Morgan fingerprint density at radius 1 is 1.15 bits per heavy atom. The highest BCUT2D eigenvalue weighted by Gasteiger charge is 2.69. The summed E-state index contributed by atoms with van der Waals surface area (Å²) in [7, 11) is 0. The van der Waals surface area contributed by atoms with Crippen LogP contribution in [0.4, 0.5) is 14.5 Å². The number of ether oxygens (including phenoxy) is 1. The number of aromatic nitrogens is 2. The number of carbonyl (C=O) groups excluding carboxylic acids is 1. The minimum atomic E-state index is -1.28. The molecule has 1 aliphatic carbocycles. The normalized spacial score (nSPS) is 27.0. The number of rotatable bonds is 3. The lowest BCUT2D eigenvalue weighted by Crippen LogP contribution is -2.54. The predicted octanol–water partition coefficient (Wildman–Crippen LogP) is 7.04. The van der Waals surface area contributed by atoms with Crippen molar-refractivity contribution in [2.45, 2.75) is 36.4 Å². The van der Waals surface area contributed by atoms with Gasteiger partial charge in [-0.15, -0.1) is 0 Å². The van der Waals surface area contributed by atoms with Crippen molar-refractivity contribution < 1.29 is 18.3 Å². The Bertz CT molecular complexity index is 1760. The van der Waals surface area contributed by atoms with Gasteiger partial charge in [0.2, 0.25) is 11.8 Å². The number of nitrogens with one attached hydrogen (secondary N) is 1. The summed E-state index contributed by atoms with van der Waals surface area (Å²) >= 11 is 15.9. The molecule has 11 heteroatoms. The number of hydrogen-bond acceptors (Lipinski definition) is 4. The Morgan fingerprint density at radius 3 is 2.77 bits per heavy atom. The van der Waals surface area contributed by atoms with E-state index >= 15 is 4.39 Å². The molecule has 4 atom stereocenters. The molecule has 1 saturated carbocycles. The van der Waals surface area contributed by atoms with Crippen LogP contribution >= 0.6 is 39.1 Å². The van der Waals surface area contributed by atoms with Crippen LogP contribution in [-0.4, -0.2) is 39.8 Å². The molecule has 3 aliphatic heterocycles. The average molecular weight is 646 g/mol. The number of carbonyl (C=O) groups is 1. The standard InChI is InChI=1S/C29H21BrCl2F2N4O2/c30-18-10-21-16(9-20(18)33)27-38(36-21)26-23(12-40-27)37(11-13-4-5-13)29(24(26)15-2-1-3-19(32)25(15)34)17-7-6-14(31)8-22(17)35-28(29)39/h1-3,6-10,13,23-24,26H,4-5,11-12H2,(H,35,39)/t23-,24-,26+,29+/m0/s1. The molecule has 40 heavy (non-hydrogen) atoms. The molecular formula is C29H21BrCl2F2N4O2. The quantitative estimate of drug-likeness (QED) is 0.260. The van der Waals surface area contributed by atoms with Gasteiger partial charge in [0.25, 0.3) is 0 Å². The lowest BCUT2D eigenvalue weighted by Gasteiger charge is -2.39. The van der Waals surface area contributed by atoms with Crippen LogP contribution in [0.5, 0.6) is 5.88 Å². The SMILES string of the molecule is O=C1Nc2cc(Cl)ccc2[C@@]12[C@@H](c1cccc(Cl)c1F)[C@H]1[C@H](COc3c4cc(F)c(Br)cc4nn31)N2CC1CC1. The predicted molar refractivity (Wildman–Crippen MR) is 151 cm³/mol. The summed E-state index contributed by atoms with van der Waals surface area (Å²) in [6, 6.07) is 12.4. The zero-order valence-electron chi connectivity index (χ0n) is 20.8. The van der Waals surface area contributed by atoms with Crippen LogP contribution in [0, 0.1) is 17.6 Å².